The molecular formula is C9H9N5. The van der Waals surface area contributed by atoms with E-state index in [0.717, 1.165) is 5.69 Å². The lowest BCUT2D eigenvalue weighted by molar-refractivity contribution is 0.868. The van der Waals surface area contributed by atoms with Crippen molar-refractivity contribution in [1.29, 1.82) is 0 Å². The Morgan fingerprint density at radius 1 is 0.929 bits per heavy atom. The molecule has 0 aliphatic heterocycles. The van der Waals surface area contributed by atoms with Crippen LogP contribution in [0.15, 0.2) is 42.6 Å². The fourth-order valence-electron chi connectivity index (χ4n) is 0.965. The molecule has 0 saturated heterocycles. The Bertz CT molecular complexity index is 335. The molecule has 0 amide bonds. The Morgan fingerprint density at radius 3 is 2.50 bits per heavy atom. The van der Waals surface area contributed by atoms with Crippen LogP contribution in [0.5, 0.6) is 0 Å². The van der Waals surface area contributed by atoms with Gasteiger partial charge in [-0.1, -0.05) is 18.2 Å². The summed E-state index contributed by atoms with van der Waals surface area (Å²) in [4.78, 5) is 0. The quantitative estimate of drug-likeness (QED) is 0.709. The number of aromatic nitrogens is 3. The van der Waals surface area contributed by atoms with Gasteiger partial charge in [-0.3, -0.25) is 10.9 Å². The highest BCUT2D eigenvalue weighted by molar-refractivity contribution is 5.48. The van der Waals surface area contributed by atoms with Crippen molar-refractivity contribution < 1.29 is 0 Å². The van der Waals surface area contributed by atoms with Gasteiger partial charge in [-0.2, -0.15) is 0 Å². The van der Waals surface area contributed by atoms with Gasteiger partial charge in [0.2, 0.25) is 0 Å². The second kappa shape index (κ2) is 4.18. The summed E-state index contributed by atoms with van der Waals surface area (Å²) in [5, 5.41) is 10.8. The summed E-state index contributed by atoms with van der Waals surface area (Å²) in [5.41, 5.74) is 6.84. The van der Waals surface area contributed by atoms with Crippen molar-refractivity contribution in [2.75, 3.05) is 10.9 Å². The van der Waals surface area contributed by atoms with Crippen molar-refractivity contribution >= 4 is 11.5 Å². The first-order valence-electron chi connectivity index (χ1n) is 4.16. The Labute approximate surface area is 81.2 Å². The van der Waals surface area contributed by atoms with Gasteiger partial charge in [0.1, 0.15) is 0 Å². The van der Waals surface area contributed by atoms with Crippen LogP contribution in [0.3, 0.4) is 0 Å². The monoisotopic (exact) mass is 187 g/mol. The van der Waals surface area contributed by atoms with Gasteiger partial charge in [-0.15, -0.1) is 10.2 Å². The van der Waals surface area contributed by atoms with Gasteiger partial charge in [0, 0.05) is 6.07 Å². The standard InChI is InChI=1S/C9H9N5/c1-2-4-8(5-3-1)11-12-9-6-7-10-14-13-9/h1-7,11H,(H,10,12,13). The first kappa shape index (κ1) is 8.43. The van der Waals surface area contributed by atoms with E-state index in [9.17, 15) is 0 Å². The van der Waals surface area contributed by atoms with Gasteiger partial charge in [0.05, 0.1) is 11.9 Å². The minimum atomic E-state index is 0.629. The Morgan fingerprint density at radius 2 is 1.79 bits per heavy atom. The molecule has 5 heteroatoms. The number of nitrogens with zero attached hydrogens (tertiary/aromatic N) is 3. The molecule has 1 heterocycles. The fourth-order valence-corrected chi connectivity index (χ4v) is 0.965. The lowest BCUT2D eigenvalue weighted by atomic mass is 10.3. The van der Waals surface area contributed by atoms with E-state index in [2.05, 4.69) is 26.3 Å². The third-order valence-electron chi connectivity index (χ3n) is 1.61. The lowest BCUT2D eigenvalue weighted by Crippen LogP contribution is -2.10. The molecule has 0 fully saturated rings. The molecule has 70 valence electrons. The molecule has 0 bridgehead atoms. The van der Waals surface area contributed by atoms with Gasteiger partial charge in [0.25, 0.3) is 0 Å². The van der Waals surface area contributed by atoms with Crippen LogP contribution in [0.1, 0.15) is 0 Å². The van der Waals surface area contributed by atoms with E-state index in [1.54, 1.807) is 12.3 Å². The van der Waals surface area contributed by atoms with Crippen molar-refractivity contribution in [3.8, 4) is 0 Å². The lowest BCUT2D eigenvalue weighted by Gasteiger charge is -2.06. The topological polar surface area (TPSA) is 62.7 Å². The summed E-state index contributed by atoms with van der Waals surface area (Å²) in [6.07, 6.45) is 1.57. The maximum Gasteiger partial charge on any atom is 0.170 e. The van der Waals surface area contributed by atoms with Crippen molar-refractivity contribution in [3.05, 3.63) is 42.6 Å². The number of hydrogen-bond acceptors (Lipinski definition) is 5. The molecule has 0 atom stereocenters. The minimum Gasteiger partial charge on any atom is -0.300 e. The van der Waals surface area contributed by atoms with E-state index in [1.807, 2.05) is 30.3 Å². The number of hydrogen-bond donors (Lipinski definition) is 2. The van der Waals surface area contributed by atoms with Crippen molar-refractivity contribution in [3.63, 3.8) is 0 Å². The highest BCUT2D eigenvalue weighted by Gasteiger charge is 1.91. The molecule has 0 aliphatic rings. The zero-order chi connectivity index (χ0) is 9.64. The van der Waals surface area contributed by atoms with Crippen LogP contribution in [0.2, 0.25) is 0 Å². The highest BCUT2D eigenvalue weighted by atomic mass is 15.4. The van der Waals surface area contributed by atoms with Gasteiger partial charge in [-0.05, 0) is 17.3 Å². The average molecular weight is 187 g/mol. The van der Waals surface area contributed by atoms with Gasteiger partial charge in [-0.25, -0.2) is 0 Å². The Kier molecular flexibility index (Phi) is 2.51. The summed E-state index contributed by atoms with van der Waals surface area (Å²) in [6.45, 7) is 0. The van der Waals surface area contributed by atoms with Crippen LogP contribution in [-0.2, 0) is 0 Å². The van der Waals surface area contributed by atoms with Gasteiger partial charge < -0.3 is 0 Å². The van der Waals surface area contributed by atoms with Crippen molar-refractivity contribution in [2.24, 2.45) is 0 Å². The smallest absolute Gasteiger partial charge is 0.170 e. The largest absolute Gasteiger partial charge is 0.300 e. The molecule has 0 spiro atoms. The molecule has 5 nitrogen and oxygen atoms in total. The number of nitrogens with one attached hydrogen (secondary N) is 2. The normalized spacial score (nSPS) is 9.43. The molecule has 2 N–H and O–H groups in total. The van der Waals surface area contributed by atoms with Crippen LogP contribution in [0, 0.1) is 0 Å². The molecule has 0 radical (unpaired) electrons. The highest BCUT2D eigenvalue weighted by Crippen LogP contribution is 2.05. The van der Waals surface area contributed by atoms with E-state index >= 15 is 0 Å². The molecule has 0 unspecified atom stereocenters. The number of rotatable bonds is 3. The summed E-state index contributed by atoms with van der Waals surface area (Å²) in [6, 6.07) is 11.5. The first-order chi connectivity index (χ1) is 6.95. The third-order valence-corrected chi connectivity index (χ3v) is 1.61. The van der Waals surface area contributed by atoms with Gasteiger partial charge in [0.15, 0.2) is 5.82 Å². The maximum atomic E-state index is 3.76. The predicted molar refractivity (Wildman–Crippen MR) is 53.5 cm³/mol. The minimum absolute atomic E-state index is 0.629. The van der Waals surface area contributed by atoms with Crippen molar-refractivity contribution in [2.45, 2.75) is 0 Å². The third kappa shape index (κ3) is 2.16. The Hall–Kier alpha value is -2.17. The number of benzene rings is 1. The van der Waals surface area contributed by atoms with Crippen molar-refractivity contribution in [1.82, 2.24) is 15.4 Å². The van der Waals surface area contributed by atoms with Crippen LogP contribution in [0.25, 0.3) is 0 Å². The second-order valence-electron chi connectivity index (χ2n) is 2.62. The zero-order valence-electron chi connectivity index (χ0n) is 7.38. The van der Waals surface area contributed by atoms with Crippen LogP contribution >= 0.6 is 0 Å². The van der Waals surface area contributed by atoms with Crippen LogP contribution in [-0.4, -0.2) is 15.4 Å². The molecular weight excluding hydrogens is 178 g/mol. The van der Waals surface area contributed by atoms with E-state index in [-0.39, 0.29) is 0 Å². The molecule has 1 aromatic heterocycles. The summed E-state index contributed by atoms with van der Waals surface area (Å²) < 4.78 is 0. The summed E-state index contributed by atoms with van der Waals surface area (Å²) in [5.74, 6) is 0.629. The molecule has 2 aromatic rings. The second-order valence-corrected chi connectivity index (χ2v) is 2.62. The van der Waals surface area contributed by atoms with Gasteiger partial charge >= 0.3 is 0 Å². The molecule has 0 saturated carbocycles. The van der Waals surface area contributed by atoms with E-state index < -0.39 is 0 Å². The molecule has 1 aromatic carbocycles. The molecule has 2 rings (SSSR count). The number of hydrazine groups is 1. The maximum absolute atomic E-state index is 3.76. The Balaban J connectivity index is 1.96. The SMILES string of the molecule is c1ccc(NNc2ccnnn2)cc1. The van der Waals surface area contributed by atoms with Crippen LogP contribution in [0.4, 0.5) is 11.5 Å². The number of para-hydroxylation sites is 1. The fraction of sp³-hybridized carbons (Fsp3) is 0. The summed E-state index contributed by atoms with van der Waals surface area (Å²) >= 11 is 0. The molecule has 14 heavy (non-hydrogen) atoms. The first-order valence-corrected chi connectivity index (χ1v) is 4.16. The van der Waals surface area contributed by atoms with E-state index in [0.29, 0.717) is 5.82 Å². The number of anilines is 2. The van der Waals surface area contributed by atoms with E-state index in [4.69, 9.17) is 0 Å². The molecule has 0 aliphatic carbocycles. The van der Waals surface area contributed by atoms with Crippen LogP contribution < -0.4 is 10.9 Å². The predicted octanol–water partition coefficient (Wildman–Crippen LogP) is 1.31. The van der Waals surface area contributed by atoms with E-state index in [1.165, 1.54) is 0 Å². The summed E-state index contributed by atoms with van der Waals surface area (Å²) in [7, 11) is 0. The average Bonchev–Trinajstić information content (AvgIpc) is 2.29. The zero-order valence-corrected chi connectivity index (χ0v) is 7.38.